The molecule has 1 fully saturated rings. The highest BCUT2D eigenvalue weighted by atomic mass is 32.2. The Labute approximate surface area is 223 Å². The van der Waals surface area contributed by atoms with E-state index in [2.05, 4.69) is 6.92 Å². The summed E-state index contributed by atoms with van der Waals surface area (Å²) >= 11 is 1.64. The summed E-state index contributed by atoms with van der Waals surface area (Å²) < 4.78 is 44.2. The summed E-state index contributed by atoms with van der Waals surface area (Å²) in [5.74, 6) is 0.827. The van der Waals surface area contributed by atoms with E-state index in [-0.39, 0.29) is 12.0 Å². The van der Waals surface area contributed by atoms with Crippen molar-refractivity contribution in [1.82, 2.24) is 0 Å². The zero-order valence-electron chi connectivity index (χ0n) is 21.1. The van der Waals surface area contributed by atoms with Crippen molar-refractivity contribution in [3.05, 3.63) is 108 Å². The minimum absolute atomic E-state index is 0.0628. The summed E-state index contributed by atoms with van der Waals surface area (Å²) in [6.45, 7) is 2.42. The smallest absolute Gasteiger partial charge is 0.188 e. The molecule has 1 aliphatic heterocycles. The van der Waals surface area contributed by atoms with Crippen LogP contribution in [0, 0.1) is 0 Å². The largest absolute Gasteiger partial charge is 0.368 e. The Kier molecular flexibility index (Phi) is 11.4. The van der Waals surface area contributed by atoms with Crippen LogP contribution >= 0.6 is 11.8 Å². The van der Waals surface area contributed by atoms with E-state index in [4.69, 9.17) is 23.7 Å². The highest BCUT2D eigenvalue weighted by molar-refractivity contribution is 7.99. The van der Waals surface area contributed by atoms with Gasteiger partial charge in [0.1, 0.15) is 29.9 Å². The minimum atomic E-state index is -0.889. The molecule has 0 bridgehead atoms. The van der Waals surface area contributed by atoms with Crippen molar-refractivity contribution < 1.29 is 28.1 Å². The number of alkyl halides is 1. The van der Waals surface area contributed by atoms with Crippen molar-refractivity contribution in [2.45, 2.75) is 56.6 Å². The van der Waals surface area contributed by atoms with E-state index in [9.17, 15) is 4.39 Å². The van der Waals surface area contributed by atoms with Gasteiger partial charge in [-0.25, -0.2) is 4.39 Å². The van der Waals surface area contributed by atoms with E-state index in [0.717, 1.165) is 22.4 Å². The van der Waals surface area contributed by atoms with Crippen LogP contribution in [0.5, 0.6) is 0 Å². The number of ether oxygens (including phenoxy) is 5. The molecule has 0 aromatic heterocycles. The SMILES string of the molecule is CCSC1O[C@H](COCF)[C@@H](OCc2ccccc2)[C@H](OCc2ccccc2)[C@H]1OCc1ccccc1. The van der Waals surface area contributed by atoms with Crippen LogP contribution in [0.3, 0.4) is 0 Å². The third-order valence-corrected chi connectivity index (χ3v) is 7.18. The van der Waals surface area contributed by atoms with E-state index >= 15 is 0 Å². The molecule has 0 N–H and O–H groups in total. The second-order valence-electron chi connectivity index (χ2n) is 8.76. The van der Waals surface area contributed by atoms with Crippen molar-refractivity contribution in [3.63, 3.8) is 0 Å². The quantitative estimate of drug-likeness (QED) is 0.251. The maximum absolute atomic E-state index is 13.0. The van der Waals surface area contributed by atoms with Crippen LogP contribution < -0.4 is 0 Å². The van der Waals surface area contributed by atoms with Crippen molar-refractivity contribution in [2.24, 2.45) is 0 Å². The summed E-state index contributed by atoms with van der Waals surface area (Å²) in [5.41, 5.74) is 2.82. The molecule has 0 aliphatic carbocycles. The molecule has 0 amide bonds. The van der Waals surface area contributed by atoms with Gasteiger partial charge in [-0.1, -0.05) is 97.9 Å². The third-order valence-electron chi connectivity index (χ3n) is 6.14. The first kappa shape index (κ1) is 27.8. The number of rotatable bonds is 14. The molecule has 3 aromatic carbocycles. The molecule has 0 saturated carbocycles. The van der Waals surface area contributed by atoms with Gasteiger partial charge in [0.2, 0.25) is 0 Å². The average Bonchev–Trinajstić information content (AvgIpc) is 2.95. The molecule has 0 radical (unpaired) electrons. The van der Waals surface area contributed by atoms with Gasteiger partial charge in [-0.3, -0.25) is 0 Å². The van der Waals surface area contributed by atoms with Crippen molar-refractivity contribution in [3.8, 4) is 0 Å². The maximum Gasteiger partial charge on any atom is 0.188 e. The normalized spacial score (nSPS) is 23.7. The van der Waals surface area contributed by atoms with E-state index in [1.807, 2.05) is 91.0 Å². The van der Waals surface area contributed by atoms with E-state index < -0.39 is 31.3 Å². The number of benzene rings is 3. The van der Waals surface area contributed by atoms with Gasteiger partial charge >= 0.3 is 0 Å². The van der Waals surface area contributed by atoms with Crippen molar-refractivity contribution in [2.75, 3.05) is 19.2 Å². The predicted molar refractivity (Wildman–Crippen MR) is 144 cm³/mol. The highest BCUT2D eigenvalue weighted by Gasteiger charge is 2.48. The molecule has 37 heavy (non-hydrogen) atoms. The van der Waals surface area contributed by atoms with Gasteiger partial charge in [-0.2, -0.15) is 0 Å². The fourth-order valence-electron chi connectivity index (χ4n) is 4.34. The molecule has 1 aliphatic rings. The summed E-state index contributed by atoms with van der Waals surface area (Å²) in [6, 6.07) is 30.0. The Balaban J connectivity index is 1.60. The van der Waals surface area contributed by atoms with Crippen molar-refractivity contribution in [1.29, 1.82) is 0 Å². The first-order chi connectivity index (χ1) is 18.3. The summed E-state index contributed by atoms with van der Waals surface area (Å²) in [7, 11) is 0. The lowest BCUT2D eigenvalue weighted by atomic mass is 9.99. The Hall–Kier alpha value is -2.26. The number of halogens is 1. The van der Waals surface area contributed by atoms with Crippen molar-refractivity contribution >= 4 is 11.8 Å². The van der Waals surface area contributed by atoms with Gasteiger partial charge in [0.25, 0.3) is 0 Å². The molecule has 0 spiro atoms. The summed E-state index contributed by atoms with van der Waals surface area (Å²) in [4.78, 5) is 0. The Morgan fingerprint density at radius 3 is 1.59 bits per heavy atom. The van der Waals surface area contributed by atoms with Crippen LogP contribution in [0.25, 0.3) is 0 Å². The lowest BCUT2D eigenvalue weighted by molar-refractivity contribution is -0.255. The molecular formula is C30H35FO5S. The summed E-state index contributed by atoms with van der Waals surface area (Å²) in [6.07, 6.45) is -1.90. The summed E-state index contributed by atoms with van der Waals surface area (Å²) in [5, 5.41) is 0. The molecule has 5 atom stereocenters. The number of hydrogen-bond acceptors (Lipinski definition) is 6. The maximum atomic E-state index is 13.0. The van der Waals surface area contributed by atoms with Gasteiger partial charge in [0, 0.05) is 0 Å². The first-order valence-corrected chi connectivity index (χ1v) is 13.7. The van der Waals surface area contributed by atoms with Crippen LogP contribution in [0.2, 0.25) is 0 Å². The van der Waals surface area contributed by atoms with Gasteiger partial charge in [0.15, 0.2) is 6.86 Å². The fraction of sp³-hybridized carbons (Fsp3) is 0.400. The van der Waals surface area contributed by atoms with Crippen LogP contribution in [0.1, 0.15) is 23.6 Å². The molecule has 1 unspecified atom stereocenters. The zero-order chi connectivity index (χ0) is 25.7. The minimum Gasteiger partial charge on any atom is -0.368 e. The third kappa shape index (κ3) is 8.37. The van der Waals surface area contributed by atoms with Crippen LogP contribution in [0.15, 0.2) is 91.0 Å². The van der Waals surface area contributed by atoms with Crippen LogP contribution in [0.4, 0.5) is 4.39 Å². The molecule has 4 rings (SSSR count). The van der Waals surface area contributed by atoms with Gasteiger partial charge in [-0.15, -0.1) is 11.8 Å². The monoisotopic (exact) mass is 526 g/mol. The van der Waals surface area contributed by atoms with Gasteiger partial charge < -0.3 is 23.7 Å². The Morgan fingerprint density at radius 1 is 0.676 bits per heavy atom. The van der Waals surface area contributed by atoms with Gasteiger partial charge in [0.05, 0.1) is 26.4 Å². The highest BCUT2D eigenvalue weighted by Crippen LogP contribution is 2.35. The molecule has 198 valence electrons. The number of hydrogen-bond donors (Lipinski definition) is 0. The molecule has 3 aromatic rings. The lowest BCUT2D eigenvalue weighted by Crippen LogP contribution is -2.60. The molecule has 5 nitrogen and oxygen atoms in total. The van der Waals surface area contributed by atoms with Gasteiger partial charge in [-0.05, 0) is 22.4 Å². The van der Waals surface area contributed by atoms with E-state index in [0.29, 0.717) is 19.8 Å². The van der Waals surface area contributed by atoms with Crippen LogP contribution in [-0.4, -0.2) is 49.1 Å². The predicted octanol–water partition coefficient (Wildman–Crippen LogP) is 6.16. The van der Waals surface area contributed by atoms with Crippen LogP contribution in [-0.2, 0) is 43.5 Å². The standard InChI is InChI=1S/C30H35FO5S/c1-2-37-30-29(35-20-25-16-10-5-11-17-25)28(34-19-24-14-8-4-9-15-24)27(26(36-30)21-32-22-31)33-18-23-12-6-3-7-13-23/h3-17,26-30H,2,18-22H2,1H3/t26-,27-,28+,29-,30?/m1/s1. The number of thioether (sulfide) groups is 1. The average molecular weight is 527 g/mol. The molecule has 1 saturated heterocycles. The molecule has 7 heteroatoms. The molecular weight excluding hydrogens is 491 g/mol. The second-order valence-corrected chi connectivity index (χ2v) is 10.1. The zero-order valence-corrected chi connectivity index (χ0v) is 21.9. The second kappa shape index (κ2) is 15.2. The van der Waals surface area contributed by atoms with E-state index in [1.165, 1.54) is 0 Å². The Bertz CT molecular complexity index is 1010. The van der Waals surface area contributed by atoms with E-state index in [1.54, 1.807) is 11.8 Å². The first-order valence-electron chi connectivity index (χ1n) is 12.7. The fourth-order valence-corrected chi connectivity index (χ4v) is 5.31. The lowest BCUT2D eigenvalue weighted by Gasteiger charge is -2.46. The Morgan fingerprint density at radius 2 is 1.14 bits per heavy atom. The molecule has 1 heterocycles. The topological polar surface area (TPSA) is 46.2 Å².